The highest BCUT2D eigenvalue weighted by Crippen LogP contribution is 1.96. The van der Waals surface area contributed by atoms with Gasteiger partial charge in [-0.25, -0.2) is 0 Å². The molecule has 3 heteroatoms. The Labute approximate surface area is 55.1 Å². The van der Waals surface area contributed by atoms with Crippen molar-refractivity contribution in [2.45, 2.75) is 0 Å². The van der Waals surface area contributed by atoms with Crippen LogP contribution < -0.4 is 10.6 Å². The van der Waals surface area contributed by atoms with E-state index in [1.807, 2.05) is 13.2 Å². The van der Waals surface area contributed by atoms with Gasteiger partial charge in [0, 0.05) is 12.7 Å². The SMILES string of the molecule is CNCC1=CNCCO1. The first-order valence-electron chi connectivity index (χ1n) is 3.13. The lowest BCUT2D eigenvalue weighted by molar-refractivity contribution is 0.192. The zero-order chi connectivity index (χ0) is 6.53. The highest BCUT2D eigenvalue weighted by molar-refractivity contribution is 4.95. The monoisotopic (exact) mass is 128 g/mol. The summed E-state index contributed by atoms with van der Waals surface area (Å²) in [7, 11) is 1.90. The van der Waals surface area contributed by atoms with E-state index in [9.17, 15) is 0 Å². The largest absolute Gasteiger partial charge is 0.493 e. The zero-order valence-electron chi connectivity index (χ0n) is 5.61. The Morgan fingerprint density at radius 2 is 2.78 bits per heavy atom. The topological polar surface area (TPSA) is 33.3 Å². The summed E-state index contributed by atoms with van der Waals surface area (Å²) in [5, 5.41) is 6.10. The smallest absolute Gasteiger partial charge is 0.125 e. The van der Waals surface area contributed by atoms with Crippen LogP contribution in [0.15, 0.2) is 12.0 Å². The molecule has 2 N–H and O–H groups in total. The number of nitrogens with one attached hydrogen (secondary N) is 2. The first kappa shape index (κ1) is 6.42. The Morgan fingerprint density at radius 3 is 3.33 bits per heavy atom. The summed E-state index contributed by atoms with van der Waals surface area (Å²) in [6.07, 6.45) is 1.90. The molecule has 3 nitrogen and oxygen atoms in total. The Morgan fingerprint density at radius 1 is 1.89 bits per heavy atom. The van der Waals surface area contributed by atoms with E-state index in [4.69, 9.17) is 4.74 Å². The van der Waals surface area contributed by atoms with Crippen molar-refractivity contribution >= 4 is 0 Å². The lowest BCUT2D eigenvalue weighted by atomic mass is 10.4. The summed E-state index contributed by atoms with van der Waals surface area (Å²) in [4.78, 5) is 0. The predicted octanol–water partition coefficient (Wildman–Crippen LogP) is -0.333. The molecule has 1 rings (SSSR count). The highest BCUT2D eigenvalue weighted by atomic mass is 16.5. The van der Waals surface area contributed by atoms with Crippen LogP contribution in [0.5, 0.6) is 0 Å². The van der Waals surface area contributed by atoms with Crippen LogP contribution in [0.3, 0.4) is 0 Å². The van der Waals surface area contributed by atoms with Crippen LogP contribution in [0.1, 0.15) is 0 Å². The van der Waals surface area contributed by atoms with Crippen molar-refractivity contribution < 1.29 is 4.74 Å². The maximum absolute atomic E-state index is 5.25. The molecule has 0 atom stereocenters. The Kier molecular flexibility index (Phi) is 2.39. The third kappa shape index (κ3) is 1.93. The summed E-state index contributed by atoms with van der Waals surface area (Å²) < 4.78 is 5.25. The molecular weight excluding hydrogens is 116 g/mol. The summed E-state index contributed by atoms with van der Waals surface area (Å²) in [5.41, 5.74) is 0. The maximum atomic E-state index is 5.25. The fourth-order valence-electron chi connectivity index (χ4n) is 0.745. The van der Waals surface area contributed by atoms with Crippen LogP contribution in [0, 0.1) is 0 Å². The van der Waals surface area contributed by atoms with Crippen LogP contribution in [-0.2, 0) is 4.74 Å². The van der Waals surface area contributed by atoms with E-state index >= 15 is 0 Å². The molecule has 0 aromatic rings. The van der Waals surface area contributed by atoms with Crippen molar-refractivity contribution in [3.05, 3.63) is 12.0 Å². The number of likely N-dealkylation sites (N-methyl/N-ethyl adjacent to an activating group) is 1. The van der Waals surface area contributed by atoms with Crippen LogP contribution in [0.25, 0.3) is 0 Å². The second kappa shape index (κ2) is 3.35. The fraction of sp³-hybridized carbons (Fsp3) is 0.667. The summed E-state index contributed by atoms with van der Waals surface area (Å²) in [6, 6.07) is 0. The molecule has 0 aromatic heterocycles. The molecule has 0 saturated heterocycles. The summed E-state index contributed by atoms with van der Waals surface area (Å²) in [5.74, 6) is 0.990. The van der Waals surface area contributed by atoms with Gasteiger partial charge in [0.2, 0.25) is 0 Å². The Balaban J connectivity index is 2.28. The molecule has 0 saturated carbocycles. The molecule has 1 heterocycles. The van der Waals surface area contributed by atoms with Gasteiger partial charge in [-0.15, -0.1) is 0 Å². The van der Waals surface area contributed by atoms with Crippen molar-refractivity contribution in [1.29, 1.82) is 0 Å². The van der Waals surface area contributed by atoms with Gasteiger partial charge in [-0.1, -0.05) is 0 Å². The molecule has 0 aliphatic carbocycles. The van der Waals surface area contributed by atoms with E-state index in [2.05, 4.69) is 10.6 Å². The first-order chi connectivity index (χ1) is 4.43. The third-order valence-electron chi connectivity index (χ3n) is 1.15. The normalized spacial score (nSPS) is 17.7. The zero-order valence-corrected chi connectivity index (χ0v) is 5.61. The molecule has 1 aliphatic heterocycles. The van der Waals surface area contributed by atoms with Gasteiger partial charge >= 0.3 is 0 Å². The van der Waals surface area contributed by atoms with Crippen molar-refractivity contribution in [1.82, 2.24) is 10.6 Å². The lowest BCUT2D eigenvalue weighted by Crippen LogP contribution is -2.24. The van der Waals surface area contributed by atoms with Crippen molar-refractivity contribution in [2.24, 2.45) is 0 Å². The molecule has 0 fully saturated rings. The molecule has 0 aromatic carbocycles. The Bertz CT molecular complexity index is 112. The second-order valence-corrected chi connectivity index (χ2v) is 1.94. The number of rotatable bonds is 2. The molecule has 52 valence electrons. The van der Waals surface area contributed by atoms with Gasteiger partial charge in [-0.2, -0.15) is 0 Å². The molecule has 0 spiro atoms. The van der Waals surface area contributed by atoms with E-state index in [-0.39, 0.29) is 0 Å². The summed E-state index contributed by atoms with van der Waals surface area (Å²) >= 11 is 0. The van der Waals surface area contributed by atoms with Gasteiger partial charge < -0.3 is 15.4 Å². The van der Waals surface area contributed by atoms with Crippen LogP contribution in [0.4, 0.5) is 0 Å². The van der Waals surface area contributed by atoms with Gasteiger partial charge in [0.05, 0.1) is 6.54 Å². The molecule has 0 bridgehead atoms. The molecule has 0 amide bonds. The van der Waals surface area contributed by atoms with Crippen LogP contribution in [0.2, 0.25) is 0 Å². The van der Waals surface area contributed by atoms with E-state index in [1.54, 1.807) is 0 Å². The minimum Gasteiger partial charge on any atom is -0.493 e. The number of hydrogen-bond acceptors (Lipinski definition) is 3. The molecule has 9 heavy (non-hydrogen) atoms. The number of hydrogen-bond donors (Lipinski definition) is 2. The molecular formula is C6H12N2O. The first-order valence-corrected chi connectivity index (χ1v) is 3.13. The van der Waals surface area contributed by atoms with Crippen molar-refractivity contribution in [2.75, 3.05) is 26.7 Å². The van der Waals surface area contributed by atoms with Crippen LogP contribution >= 0.6 is 0 Å². The van der Waals surface area contributed by atoms with Gasteiger partial charge in [0.25, 0.3) is 0 Å². The minimum absolute atomic E-state index is 0.785. The lowest BCUT2D eigenvalue weighted by Gasteiger charge is -2.15. The van der Waals surface area contributed by atoms with E-state index < -0.39 is 0 Å². The van der Waals surface area contributed by atoms with E-state index in [1.165, 1.54) is 0 Å². The molecule has 1 aliphatic rings. The molecule has 0 unspecified atom stereocenters. The maximum Gasteiger partial charge on any atom is 0.125 e. The van der Waals surface area contributed by atoms with Gasteiger partial charge in [0.1, 0.15) is 12.4 Å². The molecule has 0 radical (unpaired) electrons. The second-order valence-electron chi connectivity index (χ2n) is 1.94. The van der Waals surface area contributed by atoms with Crippen molar-refractivity contribution in [3.63, 3.8) is 0 Å². The summed E-state index contributed by atoms with van der Waals surface area (Å²) in [6.45, 7) is 2.52. The quantitative estimate of drug-likeness (QED) is 0.534. The van der Waals surface area contributed by atoms with E-state index in [0.29, 0.717) is 0 Å². The Hall–Kier alpha value is -0.700. The third-order valence-corrected chi connectivity index (χ3v) is 1.15. The fourth-order valence-corrected chi connectivity index (χ4v) is 0.745. The number of ether oxygens (including phenoxy) is 1. The van der Waals surface area contributed by atoms with Crippen molar-refractivity contribution in [3.8, 4) is 0 Å². The van der Waals surface area contributed by atoms with Gasteiger partial charge in [0.15, 0.2) is 0 Å². The average molecular weight is 128 g/mol. The average Bonchev–Trinajstić information content (AvgIpc) is 1.91. The van der Waals surface area contributed by atoms with E-state index in [0.717, 1.165) is 25.5 Å². The standard InChI is InChI=1S/C6H12N2O/c1-7-4-6-5-8-2-3-9-6/h5,7-8H,2-4H2,1H3. The van der Waals surface area contributed by atoms with Gasteiger partial charge in [-0.3, -0.25) is 0 Å². The predicted molar refractivity (Wildman–Crippen MR) is 36.0 cm³/mol. The van der Waals surface area contributed by atoms with Gasteiger partial charge in [-0.05, 0) is 7.05 Å². The minimum atomic E-state index is 0.785. The highest BCUT2D eigenvalue weighted by Gasteiger charge is 1.99. The van der Waals surface area contributed by atoms with Crippen LogP contribution in [-0.4, -0.2) is 26.7 Å².